The van der Waals surface area contributed by atoms with Gasteiger partial charge in [0, 0.05) is 12.1 Å². The Morgan fingerprint density at radius 3 is 2.48 bits per heavy atom. The first kappa shape index (κ1) is 22.0. The van der Waals surface area contributed by atoms with Crippen molar-refractivity contribution in [1.29, 1.82) is 0 Å². The van der Waals surface area contributed by atoms with Crippen LogP contribution in [0.15, 0.2) is 24.3 Å². The van der Waals surface area contributed by atoms with E-state index in [0.717, 1.165) is 0 Å². The summed E-state index contributed by atoms with van der Waals surface area (Å²) in [6.45, 7) is 9.63. The van der Waals surface area contributed by atoms with Crippen LogP contribution in [0.1, 0.15) is 41.0 Å². The van der Waals surface area contributed by atoms with Crippen LogP contribution in [0.3, 0.4) is 0 Å². The summed E-state index contributed by atoms with van der Waals surface area (Å²) in [6, 6.07) is -1.57. The standard InChI is InChI=1S/C23H32N2O6/c1-6-22-9-8-12-30-20(29)16(22)15-18(27)25(14(2)13-26)17-19(28)24(21(3,4)5)11-7-10-23(15,17)31-22/h7-10,14-17,26H,6,11-13H2,1-5H3/t14-,15+,16+,17?,22-,23+/m1/s1. The van der Waals surface area contributed by atoms with Crippen molar-refractivity contribution in [3.8, 4) is 0 Å². The minimum atomic E-state index is -1.31. The fraction of sp³-hybridized carbons (Fsp3) is 0.696. The van der Waals surface area contributed by atoms with Gasteiger partial charge in [0.1, 0.15) is 29.8 Å². The average Bonchev–Trinajstić information content (AvgIpc) is 2.99. The van der Waals surface area contributed by atoms with Crippen molar-refractivity contribution in [1.82, 2.24) is 9.80 Å². The molecular weight excluding hydrogens is 400 g/mol. The molecule has 4 heterocycles. The van der Waals surface area contributed by atoms with Gasteiger partial charge in [0.2, 0.25) is 11.8 Å². The molecule has 4 aliphatic heterocycles. The number of rotatable bonds is 3. The number of fused-ring (bicyclic) bond motifs is 2. The zero-order chi connectivity index (χ0) is 22.8. The Hall–Kier alpha value is -2.19. The summed E-state index contributed by atoms with van der Waals surface area (Å²) in [5.41, 5.74) is -2.81. The van der Waals surface area contributed by atoms with Crippen molar-refractivity contribution >= 4 is 17.8 Å². The number of nitrogens with zero attached hydrogens (tertiary/aromatic N) is 2. The molecule has 4 aliphatic rings. The van der Waals surface area contributed by atoms with Gasteiger partial charge in [-0.2, -0.15) is 0 Å². The lowest BCUT2D eigenvalue weighted by Crippen LogP contribution is -2.60. The molecule has 4 rings (SSSR count). The summed E-state index contributed by atoms with van der Waals surface area (Å²) in [5, 5.41) is 9.89. The number of aliphatic hydroxyl groups is 1. The zero-order valence-corrected chi connectivity index (χ0v) is 18.8. The van der Waals surface area contributed by atoms with Gasteiger partial charge in [-0.05, 0) is 40.2 Å². The molecule has 0 aromatic carbocycles. The first-order valence-electron chi connectivity index (χ1n) is 11.0. The van der Waals surface area contributed by atoms with Crippen LogP contribution in [0.4, 0.5) is 0 Å². The van der Waals surface area contributed by atoms with Gasteiger partial charge in [0.05, 0.1) is 18.6 Å². The Kier molecular flexibility index (Phi) is 5.09. The highest BCUT2D eigenvalue weighted by Crippen LogP contribution is 2.58. The van der Waals surface area contributed by atoms with Gasteiger partial charge in [-0.1, -0.05) is 25.2 Å². The Labute approximate surface area is 182 Å². The SMILES string of the molecule is CC[C@@]12C=CCOC(=O)[C@@H]1[C@H]1C(=O)N([C@H](C)CO)C3C(=O)N(C(C)(C)C)CC=C[C@@]31O2. The molecule has 1 spiro atoms. The van der Waals surface area contributed by atoms with Gasteiger partial charge in [0.15, 0.2) is 0 Å². The summed E-state index contributed by atoms with van der Waals surface area (Å²) in [4.78, 5) is 44.0. The number of cyclic esters (lactones) is 1. The van der Waals surface area contributed by atoms with E-state index in [9.17, 15) is 19.5 Å². The molecule has 6 atom stereocenters. The van der Waals surface area contributed by atoms with E-state index in [1.807, 2.05) is 39.8 Å². The monoisotopic (exact) mass is 432 g/mol. The molecular formula is C23H32N2O6. The highest BCUT2D eigenvalue weighted by atomic mass is 16.6. The summed E-state index contributed by atoms with van der Waals surface area (Å²) in [7, 11) is 0. The van der Waals surface area contributed by atoms with Crippen molar-refractivity contribution in [2.24, 2.45) is 11.8 Å². The van der Waals surface area contributed by atoms with Crippen molar-refractivity contribution in [3.63, 3.8) is 0 Å². The molecule has 2 saturated heterocycles. The topological polar surface area (TPSA) is 96.4 Å². The Morgan fingerprint density at radius 2 is 1.87 bits per heavy atom. The second-order valence-corrected chi connectivity index (χ2v) is 9.95. The van der Waals surface area contributed by atoms with Crippen LogP contribution < -0.4 is 0 Å². The van der Waals surface area contributed by atoms with Gasteiger partial charge in [-0.25, -0.2) is 0 Å². The third kappa shape index (κ3) is 2.91. The molecule has 2 fully saturated rings. The van der Waals surface area contributed by atoms with E-state index in [-0.39, 0.29) is 25.0 Å². The van der Waals surface area contributed by atoms with Gasteiger partial charge in [0.25, 0.3) is 0 Å². The molecule has 1 unspecified atom stereocenters. The molecule has 0 bridgehead atoms. The predicted molar refractivity (Wildman–Crippen MR) is 112 cm³/mol. The number of carbonyl (C=O) groups excluding carboxylic acids is 3. The molecule has 2 amide bonds. The van der Waals surface area contributed by atoms with Gasteiger partial charge in [-0.15, -0.1) is 0 Å². The van der Waals surface area contributed by atoms with E-state index in [2.05, 4.69) is 0 Å². The molecule has 1 N–H and O–H groups in total. The number of aliphatic hydroxyl groups excluding tert-OH is 1. The highest BCUT2D eigenvalue weighted by molar-refractivity contribution is 5.99. The third-order valence-electron chi connectivity index (χ3n) is 7.18. The predicted octanol–water partition coefficient (Wildman–Crippen LogP) is 1.04. The second kappa shape index (κ2) is 7.17. The first-order chi connectivity index (χ1) is 14.5. The van der Waals surface area contributed by atoms with Gasteiger partial charge >= 0.3 is 5.97 Å². The fourth-order valence-electron chi connectivity index (χ4n) is 5.70. The number of esters is 1. The normalized spacial score (nSPS) is 38.4. The first-order valence-corrected chi connectivity index (χ1v) is 11.0. The minimum Gasteiger partial charge on any atom is -0.461 e. The third-order valence-corrected chi connectivity index (χ3v) is 7.18. The lowest BCUT2D eigenvalue weighted by molar-refractivity contribution is -0.162. The summed E-state index contributed by atoms with van der Waals surface area (Å²) >= 11 is 0. The van der Waals surface area contributed by atoms with E-state index in [1.54, 1.807) is 24.0 Å². The van der Waals surface area contributed by atoms with Gasteiger partial charge in [-0.3, -0.25) is 14.4 Å². The maximum absolute atomic E-state index is 13.9. The number of hydrogen-bond donors (Lipinski definition) is 1. The molecule has 0 aromatic rings. The number of carbonyl (C=O) groups is 3. The van der Waals surface area contributed by atoms with E-state index in [1.165, 1.54) is 4.90 Å². The maximum atomic E-state index is 13.9. The van der Waals surface area contributed by atoms with E-state index in [0.29, 0.717) is 13.0 Å². The van der Waals surface area contributed by atoms with E-state index < -0.39 is 46.6 Å². The van der Waals surface area contributed by atoms with Crippen LogP contribution in [0, 0.1) is 11.8 Å². The Bertz CT molecular complexity index is 861. The number of likely N-dealkylation sites (tertiary alicyclic amines) is 1. The van der Waals surface area contributed by atoms with Crippen LogP contribution in [-0.4, -0.2) is 81.3 Å². The lowest BCUT2D eigenvalue weighted by Gasteiger charge is -2.42. The molecule has 0 aromatic heterocycles. The van der Waals surface area contributed by atoms with E-state index in [4.69, 9.17) is 9.47 Å². The van der Waals surface area contributed by atoms with Crippen molar-refractivity contribution < 1.29 is 29.0 Å². The average molecular weight is 433 g/mol. The quantitative estimate of drug-likeness (QED) is 0.529. The zero-order valence-electron chi connectivity index (χ0n) is 18.8. The minimum absolute atomic E-state index is 0.126. The second-order valence-electron chi connectivity index (χ2n) is 9.95. The highest BCUT2D eigenvalue weighted by Gasteiger charge is 2.76. The van der Waals surface area contributed by atoms with Crippen LogP contribution in [0.2, 0.25) is 0 Å². The summed E-state index contributed by atoms with van der Waals surface area (Å²) in [5.74, 6) is -2.85. The number of amides is 2. The maximum Gasteiger partial charge on any atom is 0.313 e. The van der Waals surface area contributed by atoms with Gasteiger partial charge < -0.3 is 24.4 Å². The van der Waals surface area contributed by atoms with Crippen LogP contribution in [0.5, 0.6) is 0 Å². The Balaban J connectivity index is 1.94. The van der Waals surface area contributed by atoms with E-state index >= 15 is 0 Å². The summed E-state index contributed by atoms with van der Waals surface area (Å²) < 4.78 is 12.1. The molecule has 0 saturated carbocycles. The molecule has 0 aliphatic carbocycles. The van der Waals surface area contributed by atoms with Crippen LogP contribution in [-0.2, 0) is 23.9 Å². The smallest absolute Gasteiger partial charge is 0.313 e. The van der Waals surface area contributed by atoms with Crippen molar-refractivity contribution in [3.05, 3.63) is 24.3 Å². The Morgan fingerprint density at radius 1 is 1.16 bits per heavy atom. The molecule has 170 valence electrons. The van der Waals surface area contributed by atoms with Crippen LogP contribution in [0.25, 0.3) is 0 Å². The van der Waals surface area contributed by atoms with Crippen LogP contribution >= 0.6 is 0 Å². The summed E-state index contributed by atoms with van der Waals surface area (Å²) in [6.07, 6.45) is 7.70. The lowest BCUT2D eigenvalue weighted by atomic mass is 9.73. The number of hydrogen-bond acceptors (Lipinski definition) is 6. The molecule has 8 nitrogen and oxygen atoms in total. The molecule has 31 heavy (non-hydrogen) atoms. The van der Waals surface area contributed by atoms with Crippen molar-refractivity contribution in [2.45, 2.75) is 69.9 Å². The molecule has 0 radical (unpaired) electrons. The largest absolute Gasteiger partial charge is 0.461 e. The fourth-order valence-corrected chi connectivity index (χ4v) is 5.70. The van der Waals surface area contributed by atoms with Crippen molar-refractivity contribution in [2.75, 3.05) is 19.8 Å². The molecule has 8 heteroatoms. The number of ether oxygens (including phenoxy) is 2.